The molecule has 1 aliphatic rings. The fourth-order valence-corrected chi connectivity index (χ4v) is 4.01. The number of rotatable bonds is 6. The summed E-state index contributed by atoms with van der Waals surface area (Å²) in [5, 5.41) is 19.6. The molecule has 0 spiro atoms. The quantitative estimate of drug-likeness (QED) is 0.599. The summed E-state index contributed by atoms with van der Waals surface area (Å²) in [6.45, 7) is 3.93. The summed E-state index contributed by atoms with van der Waals surface area (Å²) in [5.41, 5.74) is 0. The number of ether oxygens (including phenoxy) is 1. The molecule has 0 bridgehead atoms. The van der Waals surface area contributed by atoms with Crippen molar-refractivity contribution < 1.29 is 23.4 Å². The highest BCUT2D eigenvalue weighted by Gasteiger charge is 2.42. The number of sulfonamides is 1. The van der Waals surface area contributed by atoms with Gasteiger partial charge in [0.15, 0.2) is 0 Å². The van der Waals surface area contributed by atoms with E-state index in [1.165, 1.54) is 7.11 Å². The molecule has 0 aromatic carbocycles. The smallest absolute Gasteiger partial charge is 0.212 e. The van der Waals surface area contributed by atoms with E-state index >= 15 is 0 Å². The van der Waals surface area contributed by atoms with Gasteiger partial charge in [-0.2, -0.15) is 0 Å². The van der Waals surface area contributed by atoms with Crippen LogP contribution in [0.3, 0.4) is 0 Å². The molecule has 108 valence electrons. The second-order valence-corrected chi connectivity index (χ2v) is 7.13. The first-order valence-electron chi connectivity index (χ1n) is 6.12. The largest absolute Gasteiger partial charge is 0.390 e. The van der Waals surface area contributed by atoms with Crippen LogP contribution in [-0.2, 0) is 14.8 Å². The van der Waals surface area contributed by atoms with Gasteiger partial charge in [0.05, 0.1) is 30.6 Å². The topological polar surface area (TPSA) is 95.9 Å². The maximum absolute atomic E-state index is 11.8. The van der Waals surface area contributed by atoms with Gasteiger partial charge in [-0.3, -0.25) is 0 Å². The zero-order valence-electron chi connectivity index (χ0n) is 11.0. The predicted molar refractivity (Wildman–Crippen MR) is 67.5 cm³/mol. The highest BCUT2D eigenvalue weighted by molar-refractivity contribution is 7.89. The van der Waals surface area contributed by atoms with Gasteiger partial charge in [0.2, 0.25) is 10.0 Å². The molecule has 1 saturated carbocycles. The normalized spacial score (nSPS) is 33.2. The predicted octanol–water partition coefficient (Wildman–Crippen LogP) is -0.681. The molecule has 0 saturated heterocycles. The van der Waals surface area contributed by atoms with E-state index in [0.717, 1.165) is 0 Å². The number of aliphatic hydroxyl groups excluding tert-OH is 2. The van der Waals surface area contributed by atoms with Crippen LogP contribution < -0.4 is 4.72 Å². The summed E-state index contributed by atoms with van der Waals surface area (Å²) in [6, 6.07) is -0.635. The number of methoxy groups -OCH3 is 1. The Bertz CT molecular complexity index is 356. The molecule has 0 radical (unpaired) electrons. The fraction of sp³-hybridized carbons (Fsp3) is 1.00. The standard InChI is InChI=1S/C11H23NO5S/c1-7(2)6-18(15,16)12-9-4-8(5-17-3)10(13)11(9)14/h7-14H,4-6H2,1-3H3/t8-,9-,10-,11+/m1/s1. The van der Waals surface area contributed by atoms with Crippen molar-refractivity contribution in [2.45, 2.75) is 38.5 Å². The molecule has 3 N–H and O–H groups in total. The van der Waals surface area contributed by atoms with E-state index in [-0.39, 0.29) is 17.6 Å². The summed E-state index contributed by atoms with van der Waals surface area (Å²) >= 11 is 0. The second-order valence-electron chi connectivity index (χ2n) is 5.33. The molecule has 4 atom stereocenters. The van der Waals surface area contributed by atoms with Crippen LogP contribution in [0.2, 0.25) is 0 Å². The number of nitrogens with one attached hydrogen (secondary N) is 1. The molecule has 0 heterocycles. The molecule has 0 aromatic rings. The van der Waals surface area contributed by atoms with Crippen LogP contribution in [0.5, 0.6) is 0 Å². The van der Waals surface area contributed by atoms with Crippen LogP contribution in [-0.4, -0.2) is 56.4 Å². The molecule has 0 unspecified atom stereocenters. The Morgan fingerprint density at radius 2 is 1.94 bits per heavy atom. The average molecular weight is 281 g/mol. The van der Waals surface area contributed by atoms with Crippen LogP contribution in [0.1, 0.15) is 20.3 Å². The molecule has 1 rings (SSSR count). The lowest BCUT2D eigenvalue weighted by molar-refractivity contribution is -0.00425. The van der Waals surface area contributed by atoms with Crippen molar-refractivity contribution in [2.75, 3.05) is 19.5 Å². The number of hydrogen-bond donors (Lipinski definition) is 3. The third kappa shape index (κ3) is 4.17. The van der Waals surface area contributed by atoms with Gasteiger partial charge in [0.25, 0.3) is 0 Å². The number of aliphatic hydroxyl groups is 2. The summed E-state index contributed by atoms with van der Waals surface area (Å²) in [5.74, 6) is -0.209. The molecular formula is C11H23NO5S. The lowest BCUT2D eigenvalue weighted by Gasteiger charge is -2.18. The van der Waals surface area contributed by atoms with E-state index in [4.69, 9.17) is 4.74 Å². The van der Waals surface area contributed by atoms with Gasteiger partial charge in [-0.15, -0.1) is 0 Å². The fourth-order valence-electron chi connectivity index (χ4n) is 2.34. The molecule has 1 fully saturated rings. The summed E-state index contributed by atoms with van der Waals surface area (Å²) in [4.78, 5) is 0. The van der Waals surface area contributed by atoms with Crippen molar-refractivity contribution in [2.24, 2.45) is 11.8 Å². The lowest BCUT2D eigenvalue weighted by atomic mass is 10.1. The average Bonchev–Trinajstić information content (AvgIpc) is 2.45. The van der Waals surface area contributed by atoms with Crippen LogP contribution >= 0.6 is 0 Å². The Kier molecular flexibility index (Phi) is 5.54. The minimum absolute atomic E-state index is 0.0146. The molecule has 18 heavy (non-hydrogen) atoms. The second kappa shape index (κ2) is 6.29. The Balaban J connectivity index is 2.63. The van der Waals surface area contributed by atoms with Gasteiger partial charge in [-0.05, 0) is 12.3 Å². The van der Waals surface area contributed by atoms with E-state index in [0.29, 0.717) is 13.0 Å². The molecule has 6 nitrogen and oxygen atoms in total. The van der Waals surface area contributed by atoms with Crippen LogP contribution in [0, 0.1) is 11.8 Å². The third-order valence-corrected chi connectivity index (χ3v) is 4.83. The lowest BCUT2D eigenvalue weighted by Crippen LogP contribution is -2.44. The van der Waals surface area contributed by atoms with E-state index in [1.54, 1.807) is 0 Å². The van der Waals surface area contributed by atoms with E-state index in [9.17, 15) is 18.6 Å². The van der Waals surface area contributed by atoms with Crippen molar-refractivity contribution in [1.82, 2.24) is 4.72 Å². The monoisotopic (exact) mass is 281 g/mol. The molecule has 0 amide bonds. The maximum atomic E-state index is 11.8. The molecule has 0 aromatic heterocycles. The molecule has 1 aliphatic carbocycles. The third-order valence-electron chi connectivity index (χ3n) is 3.07. The highest BCUT2D eigenvalue weighted by atomic mass is 32.2. The minimum Gasteiger partial charge on any atom is -0.390 e. The van der Waals surface area contributed by atoms with Crippen LogP contribution in [0.4, 0.5) is 0 Å². The van der Waals surface area contributed by atoms with Crippen LogP contribution in [0.25, 0.3) is 0 Å². The van der Waals surface area contributed by atoms with Crippen LogP contribution in [0.15, 0.2) is 0 Å². The molecule has 7 heteroatoms. The summed E-state index contributed by atoms with van der Waals surface area (Å²) in [6.07, 6.45) is -1.64. The SMILES string of the molecule is COC[C@H]1C[C@@H](NS(=O)(=O)CC(C)C)[C@H](O)[C@@H]1O. The van der Waals surface area contributed by atoms with E-state index < -0.39 is 28.3 Å². The molecule has 0 aliphatic heterocycles. The zero-order valence-corrected chi connectivity index (χ0v) is 11.9. The van der Waals surface area contributed by atoms with E-state index in [1.807, 2.05) is 13.8 Å². The number of hydrogen-bond acceptors (Lipinski definition) is 5. The Labute approximate surface area is 108 Å². The molecular weight excluding hydrogens is 258 g/mol. The van der Waals surface area contributed by atoms with Crippen molar-refractivity contribution in [3.8, 4) is 0 Å². The first kappa shape index (κ1) is 15.8. The van der Waals surface area contributed by atoms with Gasteiger partial charge in [-0.1, -0.05) is 13.8 Å². The van der Waals surface area contributed by atoms with Crippen molar-refractivity contribution in [3.63, 3.8) is 0 Å². The van der Waals surface area contributed by atoms with Crippen molar-refractivity contribution in [3.05, 3.63) is 0 Å². The van der Waals surface area contributed by atoms with Gasteiger partial charge >= 0.3 is 0 Å². The van der Waals surface area contributed by atoms with E-state index in [2.05, 4.69) is 4.72 Å². The first-order chi connectivity index (χ1) is 8.26. The summed E-state index contributed by atoms with van der Waals surface area (Å²) in [7, 11) is -1.91. The van der Waals surface area contributed by atoms with Gasteiger partial charge in [0.1, 0.15) is 0 Å². The van der Waals surface area contributed by atoms with Gasteiger partial charge in [0, 0.05) is 13.0 Å². The summed E-state index contributed by atoms with van der Waals surface area (Å²) < 4.78 is 31.0. The Morgan fingerprint density at radius 1 is 1.33 bits per heavy atom. The highest BCUT2D eigenvalue weighted by Crippen LogP contribution is 2.27. The first-order valence-corrected chi connectivity index (χ1v) is 7.77. The van der Waals surface area contributed by atoms with Gasteiger partial charge in [-0.25, -0.2) is 13.1 Å². The minimum atomic E-state index is -3.42. The van der Waals surface area contributed by atoms with Gasteiger partial charge < -0.3 is 14.9 Å². The van der Waals surface area contributed by atoms with Crippen molar-refractivity contribution in [1.29, 1.82) is 0 Å². The Hall–Kier alpha value is -0.210. The van der Waals surface area contributed by atoms with Crippen molar-refractivity contribution >= 4 is 10.0 Å². The Morgan fingerprint density at radius 3 is 2.44 bits per heavy atom. The maximum Gasteiger partial charge on any atom is 0.212 e. The zero-order chi connectivity index (χ0) is 13.9.